The maximum atomic E-state index is 9.11. The molecule has 0 amide bonds. The van der Waals surface area contributed by atoms with Crippen LogP contribution in [0.1, 0.15) is 18.9 Å². The van der Waals surface area contributed by atoms with Crippen molar-refractivity contribution >= 4 is 11.6 Å². The average molecular weight is 245 g/mol. The molecule has 0 atom stereocenters. The van der Waals surface area contributed by atoms with Crippen molar-refractivity contribution in [2.24, 2.45) is 0 Å². The molecule has 0 saturated carbocycles. The van der Waals surface area contributed by atoms with Crippen molar-refractivity contribution in [1.29, 1.82) is 0 Å². The summed E-state index contributed by atoms with van der Waals surface area (Å²) in [7, 11) is 0. The number of aliphatic hydroxyl groups is 1. The second kappa shape index (κ2) is 7.49. The Kier molecular flexibility index (Phi) is 6.23. The van der Waals surface area contributed by atoms with E-state index in [9.17, 15) is 0 Å². The summed E-state index contributed by atoms with van der Waals surface area (Å²) in [6.07, 6.45) is 1.00. The summed E-state index contributed by atoms with van der Waals surface area (Å²) in [6.45, 7) is 3.77. The van der Waals surface area contributed by atoms with E-state index < -0.39 is 0 Å². The van der Waals surface area contributed by atoms with E-state index in [1.54, 1.807) is 18.2 Å². The summed E-state index contributed by atoms with van der Waals surface area (Å²) in [6, 6.07) is 5.19. The molecule has 1 aromatic carbocycles. The van der Waals surface area contributed by atoms with Gasteiger partial charge in [-0.25, -0.2) is 0 Å². The molecule has 1 aromatic rings. The fourth-order valence-corrected chi connectivity index (χ4v) is 1.46. The highest BCUT2D eigenvalue weighted by Crippen LogP contribution is 2.22. The lowest BCUT2D eigenvalue weighted by molar-refractivity contribution is 0.0996. The Labute approximate surface area is 101 Å². The number of halogens is 1. The smallest absolute Gasteiger partial charge is 0.125 e. The third-order valence-electron chi connectivity index (χ3n) is 2.03. The molecule has 0 saturated heterocycles. The second-order valence-electron chi connectivity index (χ2n) is 3.37. The Balaban J connectivity index is 2.41. The van der Waals surface area contributed by atoms with Gasteiger partial charge in [-0.2, -0.15) is 0 Å². The molecule has 0 unspecified atom stereocenters. The minimum Gasteiger partial charge on any atom is -0.491 e. The molecule has 0 aromatic heterocycles. The van der Waals surface area contributed by atoms with Gasteiger partial charge in [-0.3, -0.25) is 0 Å². The van der Waals surface area contributed by atoms with Gasteiger partial charge in [0.05, 0.1) is 13.2 Å². The third kappa shape index (κ3) is 4.39. The molecule has 4 heteroatoms. The van der Waals surface area contributed by atoms with E-state index in [1.165, 1.54) is 0 Å². The van der Waals surface area contributed by atoms with Gasteiger partial charge in [0.1, 0.15) is 12.4 Å². The molecular formula is C12H17ClO3. The van der Waals surface area contributed by atoms with Crippen LogP contribution in [-0.4, -0.2) is 24.9 Å². The van der Waals surface area contributed by atoms with E-state index in [2.05, 4.69) is 6.92 Å². The molecule has 3 nitrogen and oxygen atoms in total. The first-order valence-electron chi connectivity index (χ1n) is 5.37. The van der Waals surface area contributed by atoms with Gasteiger partial charge in [0.2, 0.25) is 0 Å². The van der Waals surface area contributed by atoms with Crippen LogP contribution in [0.4, 0.5) is 0 Å². The van der Waals surface area contributed by atoms with E-state index in [1.807, 2.05) is 0 Å². The van der Waals surface area contributed by atoms with Crippen molar-refractivity contribution in [3.8, 4) is 5.75 Å². The van der Waals surface area contributed by atoms with Crippen molar-refractivity contribution in [2.75, 3.05) is 19.8 Å². The van der Waals surface area contributed by atoms with Crippen LogP contribution in [0, 0.1) is 0 Å². The zero-order valence-corrected chi connectivity index (χ0v) is 10.2. The maximum absolute atomic E-state index is 9.11. The van der Waals surface area contributed by atoms with Crippen molar-refractivity contribution in [3.63, 3.8) is 0 Å². The first kappa shape index (κ1) is 13.3. The molecule has 90 valence electrons. The molecule has 0 aliphatic heterocycles. The van der Waals surface area contributed by atoms with Crippen LogP contribution in [0.25, 0.3) is 0 Å². The number of aliphatic hydroxyl groups excluding tert-OH is 1. The van der Waals surface area contributed by atoms with E-state index >= 15 is 0 Å². The normalized spacial score (nSPS) is 10.4. The van der Waals surface area contributed by atoms with Crippen LogP contribution < -0.4 is 4.74 Å². The van der Waals surface area contributed by atoms with Gasteiger partial charge in [0.15, 0.2) is 0 Å². The highest BCUT2D eigenvalue weighted by atomic mass is 35.5. The van der Waals surface area contributed by atoms with Crippen LogP contribution >= 0.6 is 11.6 Å². The van der Waals surface area contributed by atoms with Crippen LogP contribution in [0.15, 0.2) is 18.2 Å². The Hall–Kier alpha value is -0.770. The van der Waals surface area contributed by atoms with Crippen LogP contribution in [0.2, 0.25) is 5.02 Å². The van der Waals surface area contributed by atoms with Crippen LogP contribution in [0.3, 0.4) is 0 Å². The van der Waals surface area contributed by atoms with Crippen molar-refractivity contribution < 1.29 is 14.6 Å². The molecule has 0 aliphatic rings. The van der Waals surface area contributed by atoms with Gasteiger partial charge >= 0.3 is 0 Å². The second-order valence-corrected chi connectivity index (χ2v) is 3.81. The van der Waals surface area contributed by atoms with E-state index in [4.69, 9.17) is 26.2 Å². The largest absolute Gasteiger partial charge is 0.491 e. The standard InChI is InChI=1S/C12H17ClO3/c1-2-5-15-6-7-16-12-4-3-11(13)8-10(12)9-14/h3-4,8,14H,2,5-7,9H2,1H3. The first-order valence-corrected chi connectivity index (χ1v) is 5.75. The molecule has 0 heterocycles. The topological polar surface area (TPSA) is 38.7 Å². The van der Waals surface area contributed by atoms with E-state index in [0.29, 0.717) is 29.5 Å². The number of hydrogen-bond donors (Lipinski definition) is 1. The number of benzene rings is 1. The van der Waals surface area contributed by atoms with Crippen molar-refractivity contribution in [2.45, 2.75) is 20.0 Å². The monoisotopic (exact) mass is 244 g/mol. The Morgan fingerprint density at radius 2 is 2.06 bits per heavy atom. The molecule has 0 bridgehead atoms. The first-order chi connectivity index (χ1) is 7.77. The summed E-state index contributed by atoms with van der Waals surface area (Å²) in [5, 5.41) is 9.71. The Bertz CT molecular complexity index is 315. The van der Waals surface area contributed by atoms with Crippen molar-refractivity contribution in [3.05, 3.63) is 28.8 Å². The van der Waals surface area contributed by atoms with Gasteiger partial charge < -0.3 is 14.6 Å². The minimum absolute atomic E-state index is 0.0777. The lowest BCUT2D eigenvalue weighted by Gasteiger charge is -2.10. The number of ether oxygens (including phenoxy) is 2. The summed E-state index contributed by atoms with van der Waals surface area (Å²) in [5.41, 5.74) is 0.697. The summed E-state index contributed by atoms with van der Waals surface area (Å²) in [4.78, 5) is 0. The van der Waals surface area contributed by atoms with Crippen molar-refractivity contribution in [1.82, 2.24) is 0 Å². The zero-order valence-electron chi connectivity index (χ0n) is 9.41. The van der Waals surface area contributed by atoms with Gasteiger partial charge in [-0.1, -0.05) is 18.5 Å². The van der Waals surface area contributed by atoms with Crippen LogP contribution in [-0.2, 0) is 11.3 Å². The van der Waals surface area contributed by atoms with E-state index in [0.717, 1.165) is 13.0 Å². The predicted octanol–water partition coefficient (Wildman–Crippen LogP) is 2.64. The Morgan fingerprint density at radius 1 is 1.25 bits per heavy atom. The van der Waals surface area contributed by atoms with Crippen LogP contribution in [0.5, 0.6) is 5.75 Å². The van der Waals surface area contributed by atoms with Gasteiger partial charge in [0.25, 0.3) is 0 Å². The molecule has 0 fully saturated rings. The molecule has 1 rings (SSSR count). The van der Waals surface area contributed by atoms with E-state index in [-0.39, 0.29) is 6.61 Å². The van der Waals surface area contributed by atoms with Gasteiger partial charge in [0, 0.05) is 17.2 Å². The third-order valence-corrected chi connectivity index (χ3v) is 2.26. The maximum Gasteiger partial charge on any atom is 0.125 e. The highest BCUT2D eigenvalue weighted by Gasteiger charge is 2.03. The summed E-state index contributed by atoms with van der Waals surface area (Å²) >= 11 is 5.81. The SMILES string of the molecule is CCCOCCOc1ccc(Cl)cc1CO. The van der Waals surface area contributed by atoms with Gasteiger partial charge in [-0.15, -0.1) is 0 Å². The zero-order chi connectivity index (χ0) is 11.8. The lowest BCUT2D eigenvalue weighted by Crippen LogP contribution is -2.08. The molecule has 0 aliphatic carbocycles. The number of hydrogen-bond acceptors (Lipinski definition) is 3. The predicted molar refractivity (Wildman–Crippen MR) is 64.0 cm³/mol. The number of rotatable bonds is 7. The molecule has 0 spiro atoms. The average Bonchev–Trinajstić information content (AvgIpc) is 2.30. The Morgan fingerprint density at radius 3 is 2.75 bits per heavy atom. The molecule has 16 heavy (non-hydrogen) atoms. The fourth-order valence-electron chi connectivity index (χ4n) is 1.27. The van der Waals surface area contributed by atoms with Gasteiger partial charge in [-0.05, 0) is 24.6 Å². The molecule has 1 N–H and O–H groups in total. The lowest BCUT2D eigenvalue weighted by atomic mass is 10.2. The fraction of sp³-hybridized carbons (Fsp3) is 0.500. The molecule has 0 radical (unpaired) electrons. The minimum atomic E-state index is -0.0777. The summed E-state index contributed by atoms with van der Waals surface area (Å²) < 4.78 is 10.8. The summed E-state index contributed by atoms with van der Waals surface area (Å²) in [5.74, 6) is 0.659. The molecular weight excluding hydrogens is 228 g/mol. The quantitative estimate of drug-likeness (QED) is 0.750. The highest BCUT2D eigenvalue weighted by molar-refractivity contribution is 6.30.